The van der Waals surface area contributed by atoms with E-state index in [4.69, 9.17) is 17.3 Å². The quantitative estimate of drug-likeness (QED) is 0.874. The third-order valence-corrected chi connectivity index (χ3v) is 4.48. The summed E-state index contributed by atoms with van der Waals surface area (Å²) in [7, 11) is 0. The van der Waals surface area contributed by atoms with Gasteiger partial charge in [-0.3, -0.25) is 4.90 Å². The van der Waals surface area contributed by atoms with Crippen LogP contribution in [0.4, 0.5) is 0 Å². The maximum absolute atomic E-state index is 6.05. The Morgan fingerprint density at radius 2 is 2.24 bits per heavy atom. The molecule has 0 amide bonds. The number of fused-ring (bicyclic) bond motifs is 1. The molecular weight excluding hydrogens is 232 g/mol. The van der Waals surface area contributed by atoms with Gasteiger partial charge in [0.25, 0.3) is 0 Å². The van der Waals surface area contributed by atoms with Gasteiger partial charge < -0.3 is 5.73 Å². The van der Waals surface area contributed by atoms with Gasteiger partial charge in [0.05, 0.1) is 0 Å². The molecular formula is C14H19ClN2. The number of nitrogens with two attached hydrogens (primary N) is 1. The minimum absolute atomic E-state index is 0.610. The molecule has 2 N–H and O–H groups in total. The van der Waals surface area contributed by atoms with Crippen molar-refractivity contribution in [1.29, 1.82) is 0 Å². The molecule has 2 atom stereocenters. The van der Waals surface area contributed by atoms with Crippen molar-refractivity contribution in [2.75, 3.05) is 19.6 Å². The summed E-state index contributed by atoms with van der Waals surface area (Å²) in [6.07, 6.45) is 3.67. The van der Waals surface area contributed by atoms with E-state index in [1.165, 1.54) is 43.5 Å². The summed E-state index contributed by atoms with van der Waals surface area (Å²) in [5.41, 5.74) is 8.70. The number of hydrogen-bond acceptors (Lipinski definition) is 2. The van der Waals surface area contributed by atoms with E-state index in [1.54, 1.807) is 0 Å². The van der Waals surface area contributed by atoms with E-state index >= 15 is 0 Å². The van der Waals surface area contributed by atoms with Crippen molar-refractivity contribution in [3.63, 3.8) is 0 Å². The molecule has 0 spiro atoms. The van der Waals surface area contributed by atoms with Gasteiger partial charge in [-0.05, 0) is 61.5 Å². The SMILES string of the molecule is NCC1CCN(C2CCc3cc(Cl)ccc32)C1. The highest BCUT2D eigenvalue weighted by Crippen LogP contribution is 2.39. The molecule has 0 aromatic heterocycles. The number of halogens is 1. The molecule has 2 aliphatic rings. The molecule has 0 bridgehead atoms. The molecule has 1 aliphatic carbocycles. The highest BCUT2D eigenvalue weighted by molar-refractivity contribution is 6.30. The molecule has 2 nitrogen and oxygen atoms in total. The Labute approximate surface area is 108 Å². The molecule has 1 aromatic carbocycles. The second-order valence-corrected chi connectivity index (χ2v) is 5.72. The smallest absolute Gasteiger partial charge is 0.0408 e. The first-order valence-corrected chi connectivity index (χ1v) is 6.88. The fourth-order valence-corrected chi connectivity index (χ4v) is 3.48. The van der Waals surface area contributed by atoms with Crippen molar-refractivity contribution in [3.05, 3.63) is 34.3 Å². The zero-order valence-corrected chi connectivity index (χ0v) is 10.8. The molecule has 3 rings (SSSR count). The molecule has 92 valence electrons. The fraction of sp³-hybridized carbons (Fsp3) is 0.571. The van der Waals surface area contributed by atoms with Crippen LogP contribution in [0.5, 0.6) is 0 Å². The van der Waals surface area contributed by atoms with Crippen LogP contribution in [0.2, 0.25) is 5.02 Å². The molecule has 1 saturated heterocycles. The van der Waals surface area contributed by atoms with Gasteiger partial charge in [-0.2, -0.15) is 0 Å². The standard InChI is InChI=1S/C14H19ClN2/c15-12-2-3-13-11(7-12)1-4-14(13)17-6-5-10(8-16)9-17/h2-3,7,10,14H,1,4-6,8-9,16H2. The topological polar surface area (TPSA) is 29.3 Å². The summed E-state index contributed by atoms with van der Waals surface area (Å²) in [6.45, 7) is 3.20. The van der Waals surface area contributed by atoms with Crippen LogP contribution in [0, 0.1) is 5.92 Å². The summed E-state index contributed by atoms with van der Waals surface area (Å²) in [6, 6.07) is 6.98. The first-order chi connectivity index (χ1) is 8.28. The van der Waals surface area contributed by atoms with Gasteiger partial charge in [0.15, 0.2) is 0 Å². The summed E-state index contributed by atoms with van der Waals surface area (Å²) in [5, 5.41) is 0.866. The molecule has 1 heterocycles. The van der Waals surface area contributed by atoms with Gasteiger partial charge >= 0.3 is 0 Å². The number of likely N-dealkylation sites (tertiary alicyclic amines) is 1. The van der Waals surface area contributed by atoms with Crippen molar-refractivity contribution in [2.45, 2.75) is 25.3 Å². The molecule has 1 fully saturated rings. The Morgan fingerprint density at radius 1 is 1.35 bits per heavy atom. The average Bonchev–Trinajstić information content (AvgIpc) is 2.93. The molecule has 0 radical (unpaired) electrons. The Bertz CT molecular complexity index is 419. The first kappa shape index (κ1) is 11.5. The van der Waals surface area contributed by atoms with Gasteiger partial charge in [-0.25, -0.2) is 0 Å². The van der Waals surface area contributed by atoms with E-state index in [0.29, 0.717) is 12.0 Å². The number of benzene rings is 1. The van der Waals surface area contributed by atoms with Crippen LogP contribution in [-0.2, 0) is 6.42 Å². The molecule has 3 heteroatoms. The number of aryl methyl sites for hydroxylation is 1. The van der Waals surface area contributed by atoms with E-state index < -0.39 is 0 Å². The maximum Gasteiger partial charge on any atom is 0.0408 e. The Kier molecular flexibility index (Phi) is 3.12. The Balaban J connectivity index is 1.80. The lowest BCUT2D eigenvalue weighted by Gasteiger charge is -2.24. The number of hydrogen-bond donors (Lipinski definition) is 1. The van der Waals surface area contributed by atoms with E-state index in [0.717, 1.165) is 11.6 Å². The van der Waals surface area contributed by atoms with E-state index in [2.05, 4.69) is 17.0 Å². The Hall–Kier alpha value is -0.570. The highest BCUT2D eigenvalue weighted by atomic mass is 35.5. The molecule has 2 unspecified atom stereocenters. The van der Waals surface area contributed by atoms with Crippen molar-refractivity contribution in [3.8, 4) is 0 Å². The van der Waals surface area contributed by atoms with E-state index in [9.17, 15) is 0 Å². The molecule has 1 aromatic rings. The summed E-state index contributed by atoms with van der Waals surface area (Å²) >= 11 is 6.05. The van der Waals surface area contributed by atoms with Crippen LogP contribution in [0.15, 0.2) is 18.2 Å². The third kappa shape index (κ3) is 2.10. The largest absolute Gasteiger partial charge is 0.330 e. The molecule has 17 heavy (non-hydrogen) atoms. The van der Waals surface area contributed by atoms with Crippen molar-refractivity contribution < 1.29 is 0 Å². The summed E-state index contributed by atoms with van der Waals surface area (Å²) < 4.78 is 0. The number of nitrogens with zero attached hydrogens (tertiary/aromatic N) is 1. The average molecular weight is 251 g/mol. The second-order valence-electron chi connectivity index (χ2n) is 5.28. The van der Waals surface area contributed by atoms with Crippen LogP contribution in [-0.4, -0.2) is 24.5 Å². The molecule has 0 saturated carbocycles. The predicted octanol–water partition coefficient (Wildman–Crippen LogP) is 2.61. The van der Waals surface area contributed by atoms with Gasteiger partial charge in [0, 0.05) is 17.6 Å². The lowest BCUT2D eigenvalue weighted by molar-refractivity contribution is 0.236. The van der Waals surface area contributed by atoms with Crippen LogP contribution in [0.3, 0.4) is 0 Å². The monoisotopic (exact) mass is 250 g/mol. The van der Waals surface area contributed by atoms with Crippen LogP contribution >= 0.6 is 11.6 Å². The van der Waals surface area contributed by atoms with E-state index in [-0.39, 0.29) is 0 Å². The van der Waals surface area contributed by atoms with Gasteiger partial charge in [-0.1, -0.05) is 17.7 Å². The summed E-state index contributed by atoms with van der Waals surface area (Å²) in [5.74, 6) is 0.700. The van der Waals surface area contributed by atoms with Gasteiger partial charge in [0.1, 0.15) is 0 Å². The maximum atomic E-state index is 6.05. The lowest BCUT2D eigenvalue weighted by atomic mass is 10.1. The number of rotatable bonds is 2. The first-order valence-electron chi connectivity index (χ1n) is 6.50. The zero-order valence-electron chi connectivity index (χ0n) is 10.0. The van der Waals surface area contributed by atoms with Crippen molar-refractivity contribution >= 4 is 11.6 Å². The lowest BCUT2D eigenvalue weighted by Crippen LogP contribution is -2.26. The van der Waals surface area contributed by atoms with Crippen LogP contribution < -0.4 is 5.73 Å². The van der Waals surface area contributed by atoms with Crippen LogP contribution in [0.1, 0.15) is 30.0 Å². The van der Waals surface area contributed by atoms with Gasteiger partial charge in [0.2, 0.25) is 0 Å². The van der Waals surface area contributed by atoms with E-state index in [1.807, 2.05) is 6.07 Å². The van der Waals surface area contributed by atoms with Crippen LogP contribution in [0.25, 0.3) is 0 Å². The third-order valence-electron chi connectivity index (χ3n) is 4.24. The normalized spacial score (nSPS) is 28.6. The predicted molar refractivity (Wildman–Crippen MR) is 71.2 cm³/mol. The second kappa shape index (κ2) is 4.60. The highest BCUT2D eigenvalue weighted by Gasteiger charge is 2.32. The minimum Gasteiger partial charge on any atom is -0.330 e. The Morgan fingerprint density at radius 3 is 3.00 bits per heavy atom. The molecule has 1 aliphatic heterocycles. The summed E-state index contributed by atoms with van der Waals surface area (Å²) in [4.78, 5) is 2.61. The van der Waals surface area contributed by atoms with Gasteiger partial charge in [-0.15, -0.1) is 0 Å². The van der Waals surface area contributed by atoms with Crippen molar-refractivity contribution in [2.24, 2.45) is 11.7 Å². The van der Waals surface area contributed by atoms with Crippen molar-refractivity contribution in [1.82, 2.24) is 4.90 Å². The fourth-order valence-electron chi connectivity index (χ4n) is 3.28. The minimum atomic E-state index is 0.610. The zero-order chi connectivity index (χ0) is 11.8.